The van der Waals surface area contributed by atoms with Crippen molar-refractivity contribution >= 4 is 17.5 Å². The van der Waals surface area contributed by atoms with Crippen LogP contribution in [0.2, 0.25) is 0 Å². The van der Waals surface area contributed by atoms with Crippen molar-refractivity contribution in [1.29, 1.82) is 0 Å². The topological polar surface area (TPSA) is 58.2 Å². The van der Waals surface area contributed by atoms with Crippen molar-refractivity contribution in [2.45, 2.75) is 66.8 Å². The first-order valence-electron chi connectivity index (χ1n) is 9.45. The van der Waals surface area contributed by atoms with E-state index in [1.807, 2.05) is 26.0 Å². The predicted molar refractivity (Wildman–Crippen MR) is 105 cm³/mol. The normalized spacial score (nSPS) is 12.5. The summed E-state index contributed by atoms with van der Waals surface area (Å²) in [5, 5.41) is 5.96. The van der Waals surface area contributed by atoms with Crippen LogP contribution < -0.4 is 10.6 Å². The van der Waals surface area contributed by atoms with E-state index < -0.39 is 0 Å². The molecule has 0 saturated carbocycles. The SMILES string of the molecule is CCC(C)NC(=O)c1ccccc1NC(=O)C(CC(C)C)CC(C)C. The van der Waals surface area contributed by atoms with Gasteiger partial charge < -0.3 is 10.6 Å². The highest BCUT2D eigenvalue weighted by Crippen LogP contribution is 2.23. The number of hydrogen-bond acceptors (Lipinski definition) is 2. The van der Waals surface area contributed by atoms with E-state index in [-0.39, 0.29) is 23.8 Å². The second-order valence-corrected chi connectivity index (χ2v) is 7.77. The van der Waals surface area contributed by atoms with Crippen LogP contribution in [0, 0.1) is 17.8 Å². The van der Waals surface area contributed by atoms with Crippen molar-refractivity contribution in [3.63, 3.8) is 0 Å². The predicted octanol–water partition coefficient (Wildman–Crippen LogP) is 4.86. The molecule has 0 aliphatic heterocycles. The average molecular weight is 347 g/mol. The van der Waals surface area contributed by atoms with Crippen LogP contribution in [0.1, 0.15) is 71.2 Å². The van der Waals surface area contributed by atoms with E-state index in [1.54, 1.807) is 12.1 Å². The lowest BCUT2D eigenvalue weighted by Gasteiger charge is -2.21. The van der Waals surface area contributed by atoms with Gasteiger partial charge in [0.25, 0.3) is 5.91 Å². The molecule has 4 heteroatoms. The summed E-state index contributed by atoms with van der Waals surface area (Å²) in [5.74, 6) is 0.739. The quantitative estimate of drug-likeness (QED) is 0.671. The minimum absolute atomic E-state index is 0.00573. The number of nitrogens with one attached hydrogen (secondary N) is 2. The minimum atomic E-state index is -0.144. The third kappa shape index (κ3) is 7.29. The molecule has 0 aliphatic carbocycles. The Kier molecular flexibility index (Phi) is 8.67. The lowest BCUT2D eigenvalue weighted by atomic mass is 9.88. The van der Waals surface area contributed by atoms with Crippen LogP contribution in [0.5, 0.6) is 0 Å². The van der Waals surface area contributed by atoms with Crippen LogP contribution >= 0.6 is 0 Å². The van der Waals surface area contributed by atoms with Gasteiger partial charge in [-0.25, -0.2) is 0 Å². The van der Waals surface area contributed by atoms with E-state index in [2.05, 4.69) is 38.3 Å². The first-order valence-corrected chi connectivity index (χ1v) is 9.45. The van der Waals surface area contributed by atoms with Crippen molar-refractivity contribution in [1.82, 2.24) is 5.32 Å². The minimum Gasteiger partial charge on any atom is -0.350 e. The van der Waals surface area contributed by atoms with Gasteiger partial charge in [0.05, 0.1) is 11.3 Å². The zero-order valence-corrected chi connectivity index (χ0v) is 16.6. The van der Waals surface area contributed by atoms with E-state index in [1.165, 1.54) is 0 Å². The van der Waals surface area contributed by atoms with E-state index in [0.717, 1.165) is 19.3 Å². The molecule has 0 aromatic heterocycles. The molecule has 25 heavy (non-hydrogen) atoms. The Bertz CT molecular complexity index is 557. The Morgan fingerprint density at radius 3 is 2.04 bits per heavy atom. The number of anilines is 1. The molecule has 0 spiro atoms. The molecule has 1 atom stereocenters. The van der Waals surface area contributed by atoms with Crippen molar-refractivity contribution < 1.29 is 9.59 Å². The Hall–Kier alpha value is -1.84. The van der Waals surface area contributed by atoms with Gasteiger partial charge in [-0.15, -0.1) is 0 Å². The molecule has 2 N–H and O–H groups in total. The lowest BCUT2D eigenvalue weighted by Crippen LogP contribution is -2.33. The molecule has 0 heterocycles. The summed E-state index contributed by atoms with van der Waals surface area (Å²) < 4.78 is 0. The summed E-state index contributed by atoms with van der Waals surface area (Å²) in [5.41, 5.74) is 1.11. The van der Waals surface area contributed by atoms with Gasteiger partial charge in [-0.1, -0.05) is 46.8 Å². The van der Waals surface area contributed by atoms with Crippen molar-refractivity contribution in [2.24, 2.45) is 17.8 Å². The summed E-state index contributed by atoms with van der Waals surface area (Å²) in [6.45, 7) is 12.5. The Balaban J connectivity index is 2.93. The summed E-state index contributed by atoms with van der Waals surface area (Å²) >= 11 is 0. The zero-order valence-electron chi connectivity index (χ0n) is 16.6. The molecular formula is C21H34N2O2. The van der Waals surface area contributed by atoms with Crippen molar-refractivity contribution in [3.8, 4) is 0 Å². The maximum absolute atomic E-state index is 12.8. The van der Waals surface area contributed by atoms with Crippen LogP contribution in [0.4, 0.5) is 5.69 Å². The highest BCUT2D eigenvalue weighted by atomic mass is 16.2. The molecule has 0 saturated heterocycles. The molecule has 1 aromatic rings. The number of para-hydroxylation sites is 1. The number of amides is 2. The molecule has 4 nitrogen and oxygen atoms in total. The van der Waals surface area contributed by atoms with Gasteiger partial charge in [-0.05, 0) is 50.2 Å². The first kappa shape index (κ1) is 21.2. The molecule has 0 bridgehead atoms. The van der Waals surface area contributed by atoms with Gasteiger partial charge >= 0.3 is 0 Å². The maximum Gasteiger partial charge on any atom is 0.253 e. The van der Waals surface area contributed by atoms with Crippen molar-refractivity contribution in [2.75, 3.05) is 5.32 Å². The van der Waals surface area contributed by atoms with Gasteiger partial charge in [0.15, 0.2) is 0 Å². The molecule has 0 fully saturated rings. The summed E-state index contributed by atoms with van der Waals surface area (Å²) in [6.07, 6.45) is 2.57. The Morgan fingerprint density at radius 1 is 0.960 bits per heavy atom. The summed E-state index contributed by atoms with van der Waals surface area (Å²) in [7, 11) is 0. The summed E-state index contributed by atoms with van der Waals surface area (Å²) in [4.78, 5) is 25.3. The number of hydrogen-bond donors (Lipinski definition) is 2. The van der Waals surface area contributed by atoms with Crippen LogP contribution in [0.3, 0.4) is 0 Å². The molecule has 1 unspecified atom stereocenters. The molecular weight excluding hydrogens is 312 g/mol. The second-order valence-electron chi connectivity index (χ2n) is 7.77. The fraction of sp³-hybridized carbons (Fsp3) is 0.619. The van der Waals surface area contributed by atoms with Crippen LogP contribution in [-0.4, -0.2) is 17.9 Å². The van der Waals surface area contributed by atoms with Gasteiger partial charge in [0.2, 0.25) is 5.91 Å². The number of benzene rings is 1. The van der Waals surface area contributed by atoms with Gasteiger partial charge in [-0.2, -0.15) is 0 Å². The van der Waals surface area contributed by atoms with Crippen LogP contribution in [0.15, 0.2) is 24.3 Å². The molecule has 2 amide bonds. The van der Waals surface area contributed by atoms with E-state index in [9.17, 15) is 9.59 Å². The molecule has 0 aliphatic rings. The number of rotatable bonds is 9. The smallest absolute Gasteiger partial charge is 0.253 e. The monoisotopic (exact) mass is 346 g/mol. The fourth-order valence-electron chi connectivity index (χ4n) is 2.88. The number of carbonyl (C=O) groups is 2. The molecule has 1 rings (SSSR count). The third-order valence-corrected chi connectivity index (χ3v) is 4.30. The number of carbonyl (C=O) groups excluding carboxylic acids is 2. The molecule has 140 valence electrons. The maximum atomic E-state index is 12.8. The Labute approximate surface area is 152 Å². The van der Waals surface area contributed by atoms with Crippen molar-refractivity contribution in [3.05, 3.63) is 29.8 Å². The van der Waals surface area contributed by atoms with Crippen LogP contribution in [-0.2, 0) is 4.79 Å². The highest BCUT2D eigenvalue weighted by Gasteiger charge is 2.23. The average Bonchev–Trinajstić information content (AvgIpc) is 2.53. The standard InChI is InChI=1S/C21H34N2O2/c1-7-16(6)22-21(25)18-10-8-9-11-19(18)23-20(24)17(12-14(2)3)13-15(4)5/h8-11,14-17H,7,12-13H2,1-6H3,(H,22,25)(H,23,24). The van der Waals surface area contributed by atoms with E-state index in [4.69, 9.17) is 0 Å². The Morgan fingerprint density at radius 2 is 1.52 bits per heavy atom. The van der Waals surface area contributed by atoms with Gasteiger partial charge in [-0.3, -0.25) is 9.59 Å². The van der Waals surface area contributed by atoms with Gasteiger partial charge in [0, 0.05) is 12.0 Å². The molecule has 0 radical (unpaired) electrons. The third-order valence-electron chi connectivity index (χ3n) is 4.30. The second kappa shape index (κ2) is 10.2. The largest absolute Gasteiger partial charge is 0.350 e. The summed E-state index contributed by atoms with van der Waals surface area (Å²) in [6, 6.07) is 7.32. The lowest BCUT2D eigenvalue weighted by molar-refractivity contribution is -0.120. The fourth-order valence-corrected chi connectivity index (χ4v) is 2.88. The zero-order chi connectivity index (χ0) is 19.0. The van der Waals surface area contributed by atoms with E-state index >= 15 is 0 Å². The van der Waals surface area contributed by atoms with Gasteiger partial charge in [0.1, 0.15) is 0 Å². The highest BCUT2D eigenvalue weighted by molar-refractivity contribution is 6.04. The first-order chi connectivity index (χ1) is 11.7. The molecule has 1 aromatic carbocycles. The van der Waals surface area contributed by atoms with E-state index in [0.29, 0.717) is 23.1 Å². The van der Waals surface area contributed by atoms with Crippen LogP contribution in [0.25, 0.3) is 0 Å².